The zero-order valence-electron chi connectivity index (χ0n) is 14.4. The van der Waals surface area contributed by atoms with Crippen LogP contribution in [0.5, 0.6) is 0 Å². The number of hydrogen-bond donors (Lipinski definition) is 2. The first-order chi connectivity index (χ1) is 12.6. The number of rotatable bonds is 7. The van der Waals surface area contributed by atoms with Gasteiger partial charge in [0.25, 0.3) is 5.91 Å². The van der Waals surface area contributed by atoms with Gasteiger partial charge in [-0.15, -0.1) is 0 Å². The Labute approximate surface area is 153 Å². The maximum Gasteiger partial charge on any atom is 0.251 e. The fourth-order valence-corrected chi connectivity index (χ4v) is 4.37. The highest BCUT2D eigenvalue weighted by molar-refractivity contribution is 7.89. The Hall–Kier alpha value is -2.45. The third-order valence-corrected chi connectivity index (χ3v) is 6.08. The number of nitrogens with one attached hydrogen (secondary N) is 2. The molecule has 0 spiro atoms. The summed E-state index contributed by atoms with van der Waals surface area (Å²) in [6.07, 6.45) is 3.44. The standard InChI is InChI=1S/C18H22N4O3S/c23-18(21-11-10-20-17-8-1-2-9-19-17)15-6-5-7-16(14-15)26(24,25)22-12-3-4-13-22/h1-2,5-9,14H,3-4,10-13H2,(H,19,20)(H,21,23). The largest absolute Gasteiger partial charge is 0.368 e. The fraction of sp³-hybridized carbons (Fsp3) is 0.333. The van der Waals surface area contributed by atoms with Gasteiger partial charge < -0.3 is 10.6 Å². The smallest absolute Gasteiger partial charge is 0.251 e. The van der Waals surface area contributed by atoms with Crippen molar-refractivity contribution < 1.29 is 13.2 Å². The second-order valence-electron chi connectivity index (χ2n) is 6.04. The van der Waals surface area contributed by atoms with Crippen LogP contribution in [-0.4, -0.2) is 49.8 Å². The molecule has 2 aromatic rings. The van der Waals surface area contributed by atoms with Crippen LogP contribution in [0.1, 0.15) is 23.2 Å². The summed E-state index contributed by atoms with van der Waals surface area (Å²) in [4.78, 5) is 16.6. The van der Waals surface area contributed by atoms with Gasteiger partial charge in [-0.2, -0.15) is 4.31 Å². The van der Waals surface area contributed by atoms with Crippen LogP contribution in [0.3, 0.4) is 0 Å². The van der Waals surface area contributed by atoms with Crippen molar-refractivity contribution in [3.05, 3.63) is 54.2 Å². The number of nitrogens with zero attached hydrogens (tertiary/aromatic N) is 2. The van der Waals surface area contributed by atoms with Crippen molar-refractivity contribution in [2.24, 2.45) is 0 Å². The highest BCUT2D eigenvalue weighted by atomic mass is 32.2. The van der Waals surface area contributed by atoms with E-state index in [2.05, 4.69) is 15.6 Å². The highest BCUT2D eigenvalue weighted by Gasteiger charge is 2.27. The van der Waals surface area contributed by atoms with Gasteiger partial charge in [-0.3, -0.25) is 4.79 Å². The number of aromatic nitrogens is 1. The Morgan fingerprint density at radius 2 is 1.88 bits per heavy atom. The zero-order valence-corrected chi connectivity index (χ0v) is 15.2. The second-order valence-corrected chi connectivity index (χ2v) is 7.97. The molecule has 7 nitrogen and oxygen atoms in total. The van der Waals surface area contributed by atoms with E-state index in [1.54, 1.807) is 18.3 Å². The Kier molecular flexibility index (Phi) is 5.85. The summed E-state index contributed by atoms with van der Waals surface area (Å²) < 4.78 is 26.7. The Morgan fingerprint density at radius 3 is 2.62 bits per heavy atom. The van der Waals surface area contributed by atoms with Gasteiger partial charge in [-0.1, -0.05) is 12.1 Å². The van der Waals surface area contributed by atoms with E-state index in [1.807, 2.05) is 18.2 Å². The summed E-state index contributed by atoms with van der Waals surface area (Å²) in [5, 5.41) is 5.88. The molecule has 8 heteroatoms. The lowest BCUT2D eigenvalue weighted by Gasteiger charge is -2.16. The highest BCUT2D eigenvalue weighted by Crippen LogP contribution is 2.21. The summed E-state index contributed by atoms with van der Waals surface area (Å²) in [5.41, 5.74) is 0.336. The van der Waals surface area contributed by atoms with Gasteiger partial charge in [0.05, 0.1) is 4.90 Å². The molecule has 0 saturated carbocycles. The van der Waals surface area contributed by atoms with Crippen molar-refractivity contribution in [2.75, 3.05) is 31.5 Å². The number of carbonyl (C=O) groups is 1. The lowest BCUT2D eigenvalue weighted by Crippen LogP contribution is -2.30. The predicted molar refractivity (Wildman–Crippen MR) is 99.5 cm³/mol. The van der Waals surface area contributed by atoms with Crippen LogP contribution in [0.15, 0.2) is 53.6 Å². The lowest BCUT2D eigenvalue weighted by molar-refractivity contribution is 0.0955. The number of hydrogen-bond acceptors (Lipinski definition) is 5. The normalized spacial score (nSPS) is 14.9. The molecule has 3 rings (SSSR count). The Bertz CT molecular complexity index is 850. The number of sulfonamides is 1. The van der Waals surface area contributed by atoms with Gasteiger partial charge in [-0.05, 0) is 43.2 Å². The fourth-order valence-electron chi connectivity index (χ4n) is 2.81. The van der Waals surface area contributed by atoms with Crippen LogP contribution in [0, 0.1) is 0 Å². The van der Waals surface area contributed by atoms with E-state index in [9.17, 15) is 13.2 Å². The first-order valence-electron chi connectivity index (χ1n) is 8.61. The summed E-state index contributed by atoms with van der Waals surface area (Å²) in [6, 6.07) is 11.7. The molecule has 2 N–H and O–H groups in total. The molecule has 0 radical (unpaired) electrons. The SMILES string of the molecule is O=C(NCCNc1ccccn1)c1cccc(S(=O)(=O)N2CCCC2)c1. The summed E-state index contributed by atoms with van der Waals surface area (Å²) in [7, 11) is -3.52. The molecule has 1 aromatic carbocycles. The van der Waals surface area contributed by atoms with Crippen molar-refractivity contribution in [1.82, 2.24) is 14.6 Å². The lowest BCUT2D eigenvalue weighted by atomic mass is 10.2. The minimum atomic E-state index is -3.52. The number of pyridine rings is 1. The maximum absolute atomic E-state index is 12.6. The minimum absolute atomic E-state index is 0.165. The molecular weight excluding hydrogens is 352 g/mol. The maximum atomic E-state index is 12.6. The molecule has 1 aromatic heterocycles. The van der Waals surface area contributed by atoms with Gasteiger partial charge in [0.15, 0.2) is 0 Å². The van der Waals surface area contributed by atoms with Gasteiger partial charge in [0.2, 0.25) is 10.0 Å². The molecule has 1 aliphatic rings. The molecule has 0 aliphatic carbocycles. The van der Waals surface area contributed by atoms with Crippen LogP contribution in [0.4, 0.5) is 5.82 Å². The van der Waals surface area contributed by atoms with Crippen molar-refractivity contribution >= 4 is 21.7 Å². The zero-order chi connectivity index (χ0) is 18.4. The molecule has 2 heterocycles. The Morgan fingerprint density at radius 1 is 1.08 bits per heavy atom. The first-order valence-corrected chi connectivity index (χ1v) is 10.0. The molecule has 0 atom stereocenters. The van der Waals surface area contributed by atoms with Crippen LogP contribution in [0.25, 0.3) is 0 Å². The first kappa shape index (κ1) is 18.3. The third-order valence-electron chi connectivity index (χ3n) is 4.18. The van der Waals surface area contributed by atoms with Crippen LogP contribution in [-0.2, 0) is 10.0 Å². The average molecular weight is 374 g/mol. The van der Waals surface area contributed by atoms with Crippen LogP contribution in [0.2, 0.25) is 0 Å². The van der Waals surface area contributed by atoms with Crippen molar-refractivity contribution in [3.8, 4) is 0 Å². The van der Waals surface area contributed by atoms with Gasteiger partial charge in [0.1, 0.15) is 5.82 Å². The third kappa shape index (κ3) is 4.39. The molecule has 1 fully saturated rings. The molecular formula is C18H22N4O3S. The molecule has 1 amide bonds. The van der Waals surface area contributed by atoms with Gasteiger partial charge >= 0.3 is 0 Å². The molecule has 0 bridgehead atoms. The van der Waals surface area contributed by atoms with Crippen molar-refractivity contribution in [1.29, 1.82) is 0 Å². The van der Waals surface area contributed by atoms with E-state index in [4.69, 9.17) is 0 Å². The van der Waals surface area contributed by atoms with Crippen LogP contribution >= 0.6 is 0 Å². The van der Waals surface area contributed by atoms with E-state index >= 15 is 0 Å². The van der Waals surface area contributed by atoms with Crippen LogP contribution < -0.4 is 10.6 Å². The topological polar surface area (TPSA) is 91.4 Å². The summed E-state index contributed by atoms with van der Waals surface area (Å²) in [5.74, 6) is 0.437. The number of carbonyl (C=O) groups excluding carboxylic acids is 1. The Balaban J connectivity index is 1.58. The molecule has 26 heavy (non-hydrogen) atoms. The average Bonchev–Trinajstić information content (AvgIpc) is 3.22. The van der Waals surface area contributed by atoms with E-state index in [0.29, 0.717) is 31.7 Å². The second kappa shape index (κ2) is 8.29. The van der Waals surface area contributed by atoms with Crippen molar-refractivity contribution in [3.63, 3.8) is 0 Å². The molecule has 1 saturated heterocycles. The van der Waals surface area contributed by atoms with E-state index in [1.165, 1.54) is 16.4 Å². The van der Waals surface area contributed by atoms with E-state index in [-0.39, 0.29) is 10.8 Å². The van der Waals surface area contributed by atoms with Gasteiger partial charge in [-0.25, -0.2) is 13.4 Å². The quantitative estimate of drug-likeness (QED) is 0.720. The molecule has 138 valence electrons. The number of benzene rings is 1. The predicted octanol–water partition coefficient (Wildman–Crippen LogP) is 1.71. The number of amides is 1. The molecule has 1 aliphatic heterocycles. The number of anilines is 1. The molecule has 0 unspecified atom stereocenters. The summed E-state index contributed by atoms with van der Waals surface area (Å²) in [6.45, 7) is 2.00. The van der Waals surface area contributed by atoms with Gasteiger partial charge in [0, 0.05) is 37.9 Å². The monoisotopic (exact) mass is 374 g/mol. The summed E-state index contributed by atoms with van der Waals surface area (Å²) >= 11 is 0. The van der Waals surface area contributed by atoms with Crippen molar-refractivity contribution in [2.45, 2.75) is 17.7 Å². The van der Waals surface area contributed by atoms with E-state index in [0.717, 1.165) is 18.7 Å². The minimum Gasteiger partial charge on any atom is -0.368 e. The van der Waals surface area contributed by atoms with E-state index < -0.39 is 10.0 Å².